The van der Waals surface area contributed by atoms with Gasteiger partial charge in [0, 0.05) is 25.2 Å². The van der Waals surface area contributed by atoms with Gasteiger partial charge in [0.25, 0.3) is 0 Å². The Labute approximate surface area is 155 Å². The van der Waals surface area contributed by atoms with Gasteiger partial charge in [0.1, 0.15) is 30.6 Å². The Morgan fingerprint density at radius 1 is 1.04 bits per heavy atom. The Bertz CT molecular complexity index is 881. The van der Waals surface area contributed by atoms with Crippen molar-refractivity contribution in [3.05, 3.63) is 71.6 Å². The number of nitrogens with zero attached hydrogens (tertiary/aromatic N) is 2. The molecule has 0 spiro atoms. The zero-order valence-corrected chi connectivity index (χ0v) is 14.6. The van der Waals surface area contributed by atoms with Gasteiger partial charge in [-0.05, 0) is 36.2 Å². The first kappa shape index (κ1) is 17.3. The Morgan fingerprint density at radius 3 is 2.67 bits per heavy atom. The standard InChI is InChI=1S/C20H19F2N3O2/c21-17-7-6-16(10-18(17)22)27-15-4-2-14(3-5-15)12-26-20-11-19-23-8-1-9-25(19)13-24-20/h2-7,10-11,23H,1,8-9,12-13H2. The third-order valence-electron chi connectivity index (χ3n) is 4.35. The van der Waals surface area contributed by atoms with Crippen molar-refractivity contribution in [2.75, 3.05) is 19.8 Å². The molecule has 4 rings (SSSR count). The van der Waals surface area contributed by atoms with Gasteiger partial charge in [-0.3, -0.25) is 0 Å². The lowest BCUT2D eigenvalue weighted by Crippen LogP contribution is -2.41. The van der Waals surface area contributed by atoms with Crippen LogP contribution in [0.2, 0.25) is 0 Å². The summed E-state index contributed by atoms with van der Waals surface area (Å²) in [7, 11) is 0. The van der Waals surface area contributed by atoms with Gasteiger partial charge in [0.2, 0.25) is 5.90 Å². The highest BCUT2D eigenvalue weighted by atomic mass is 19.2. The van der Waals surface area contributed by atoms with Gasteiger partial charge in [-0.1, -0.05) is 12.1 Å². The van der Waals surface area contributed by atoms with E-state index in [2.05, 4.69) is 15.2 Å². The molecule has 2 aromatic carbocycles. The highest BCUT2D eigenvalue weighted by Gasteiger charge is 2.18. The molecule has 2 aliphatic heterocycles. The number of ether oxygens (including phenoxy) is 2. The summed E-state index contributed by atoms with van der Waals surface area (Å²) in [6, 6.07) is 10.7. The number of fused-ring (bicyclic) bond motifs is 1. The van der Waals surface area contributed by atoms with E-state index in [1.165, 1.54) is 6.07 Å². The molecule has 5 nitrogen and oxygen atoms in total. The van der Waals surface area contributed by atoms with Crippen LogP contribution in [-0.2, 0) is 11.3 Å². The highest BCUT2D eigenvalue weighted by Crippen LogP contribution is 2.23. The molecule has 0 saturated carbocycles. The largest absolute Gasteiger partial charge is 0.473 e. The molecule has 0 radical (unpaired) electrons. The van der Waals surface area contributed by atoms with E-state index >= 15 is 0 Å². The van der Waals surface area contributed by atoms with E-state index in [1.54, 1.807) is 12.1 Å². The quantitative estimate of drug-likeness (QED) is 0.889. The summed E-state index contributed by atoms with van der Waals surface area (Å²) in [6.45, 7) is 2.97. The predicted octanol–water partition coefficient (Wildman–Crippen LogP) is 3.78. The molecule has 0 aromatic heterocycles. The minimum atomic E-state index is -0.939. The molecule has 1 N–H and O–H groups in total. The van der Waals surface area contributed by atoms with Crippen LogP contribution in [0.4, 0.5) is 8.78 Å². The monoisotopic (exact) mass is 371 g/mol. The average molecular weight is 371 g/mol. The summed E-state index contributed by atoms with van der Waals surface area (Å²) in [4.78, 5) is 6.61. The van der Waals surface area contributed by atoms with E-state index in [1.807, 2.05) is 18.2 Å². The second kappa shape index (κ2) is 7.65. The Balaban J connectivity index is 1.33. The molecule has 2 aliphatic rings. The molecule has 0 amide bonds. The average Bonchev–Trinajstić information content (AvgIpc) is 2.70. The van der Waals surface area contributed by atoms with Crippen LogP contribution in [0.25, 0.3) is 0 Å². The van der Waals surface area contributed by atoms with Crippen LogP contribution in [0.3, 0.4) is 0 Å². The fourth-order valence-corrected chi connectivity index (χ4v) is 2.90. The molecule has 1 fully saturated rings. The third kappa shape index (κ3) is 4.19. The summed E-state index contributed by atoms with van der Waals surface area (Å²) in [5.74, 6) is 0.599. The molecular formula is C20H19F2N3O2. The first-order chi connectivity index (χ1) is 13.2. The fourth-order valence-electron chi connectivity index (χ4n) is 2.90. The van der Waals surface area contributed by atoms with Gasteiger partial charge in [0.15, 0.2) is 11.6 Å². The molecule has 27 heavy (non-hydrogen) atoms. The maximum atomic E-state index is 13.2. The summed E-state index contributed by atoms with van der Waals surface area (Å²) in [5.41, 5.74) is 0.952. The third-order valence-corrected chi connectivity index (χ3v) is 4.35. The lowest BCUT2D eigenvalue weighted by Gasteiger charge is -2.33. The van der Waals surface area contributed by atoms with Crippen LogP contribution in [0, 0.1) is 11.6 Å². The van der Waals surface area contributed by atoms with E-state index in [-0.39, 0.29) is 5.75 Å². The van der Waals surface area contributed by atoms with Crippen LogP contribution < -0.4 is 10.1 Å². The van der Waals surface area contributed by atoms with Crippen molar-refractivity contribution >= 4 is 5.90 Å². The van der Waals surface area contributed by atoms with Crippen molar-refractivity contribution in [2.45, 2.75) is 13.0 Å². The summed E-state index contributed by atoms with van der Waals surface area (Å²) < 4.78 is 37.5. The Hall–Kier alpha value is -3.09. The number of aliphatic imine (C=N–C) groups is 1. The first-order valence-electron chi connectivity index (χ1n) is 8.77. The van der Waals surface area contributed by atoms with Crippen molar-refractivity contribution < 1.29 is 18.3 Å². The molecule has 0 unspecified atom stereocenters. The van der Waals surface area contributed by atoms with E-state index < -0.39 is 11.6 Å². The number of rotatable bonds is 4. The molecule has 2 aromatic rings. The maximum absolute atomic E-state index is 13.2. The molecule has 0 bridgehead atoms. The molecule has 0 atom stereocenters. The molecular weight excluding hydrogens is 352 g/mol. The zero-order chi connectivity index (χ0) is 18.6. The predicted molar refractivity (Wildman–Crippen MR) is 97.4 cm³/mol. The highest BCUT2D eigenvalue weighted by molar-refractivity contribution is 5.88. The second-order valence-corrected chi connectivity index (χ2v) is 6.32. The van der Waals surface area contributed by atoms with Gasteiger partial charge in [-0.25, -0.2) is 13.8 Å². The minimum Gasteiger partial charge on any atom is -0.473 e. The lowest BCUT2D eigenvalue weighted by molar-refractivity contribution is 0.256. The Kier molecular flexibility index (Phi) is 4.91. The van der Waals surface area contributed by atoms with Crippen LogP contribution in [0.5, 0.6) is 11.5 Å². The number of benzene rings is 2. The van der Waals surface area contributed by atoms with Crippen LogP contribution >= 0.6 is 0 Å². The normalized spacial score (nSPS) is 16.0. The van der Waals surface area contributed by atoms with Crippen LogP contribution in [-0.4, -0.2) is 30.6 Å². The minimum absolute atomic E-state index is 0.241. The summed E-state index contributed by atoms with van der Waals surface area (Å²) in [5, 5.41) is 3.35. The van der Waals surface area contributed by atoms with Gasteiger partial charge in [-0.15, -0.1) is 0 Å². The molecule has 0 aliphatic carbocycles. The number of nitrogens with one attached hydrogen (secondary N) is 1. The van der Waals surface area contributed by atoms with Crippen LogP contribution in [0.15, 0.2) is 59.4 Å². The SMILES string of the molecule is Fc1ccc(Oc2ccc(COC3=NCN4CCCNC4=C3)cc2)cc1F. The van der Waals surface area contributed by atoms with Gasteiger partial charge in [-0.2, -0.15) is 0 Å². The van der Waals surface area contributed by atoms with E-state index in [9.17, 15) is 8.78 Å². The lowest BCUT2D eigenvalue weighted by atomic mass is 10.2. The van der Waals surface area contributed by atoms with Crippen molar-refractivity contribution in [1.29, 1.82) is 0 Å². The van der Waals surface area contributed by atoms with Crippen molar-refractivity contribution in [2.24, 2.45) is 4.99 Å². The molecule has 7 heteroatoms. The fraction of sp³-hybridized carbons (Fsp3) is 0.250. The van der Waals surface area contributed by atoms with Crippen LogP contribution in [0.1, 0.15) is 12.0 Å². The summed E-state index contributed by atoms with van der Waals surface area (Å²) in [6.07, 6.45) is 3.03. The van der Waals surface area contributed by atoms with Crippen molar-refractivity contribution in [3.63, 3.8) is 0 Å². The zero-order valence-electron chi connectivity index (χ0n) is 14.6. The van der Waals surface area contributed by atoms with E-state index in [0.717, 1.165) is 43.0 Å². The Morgan fingerprint density at radius 2 is 1.85 bits per heavy atom. The second-order valence-electron chi connectivity index (χ2n) is 6.32. The topological polar surface area (TPSA) is 46.1 Å². The number of hydrogen-bond acceptors (Lipinski definition) is 5. The van der Waals surface area contributed by atoms with E-state index in [0.29, 0.717) is 24.9 Å². The molecule has 140 valence electrons. The van der Waals surface area contributed by atoms with Gasteiger partial charge >= 0.3 is 0 Å². The number of hydrogen-bond donors (Lipinski definition) is 1. The van der Waals surface area contributed by atoms with Crippen molar-refractivity contribution in [3.8, 4) is 11.5 Å². The maximum Gasteiger partial charge on any atom is 0.214 e. The smallest absolute Gasteiger partial charge is 0.214 e. The van der Waals surface area contributed by atoms with Crippen molar-refractivity contribution in [1.82, 2.24) is 10.2 Å². The van der Waals surface area contributed by atoms with E-state index in [4.69, 9.17) is 9.47 Å². The molecule has 1 saturated heterocycles. The van der Waals surface area contributed by atoms with Gasteiger partial charge in [0.05, 0.1) is 0 Å². The summed E-state index contributed by atoms with van der Waals surface area (Å²) >= 11 is 0. The number of halogens is 2. The van der Waals surface area contributed by atoms with Gasteiger partial charge < -0.3 is 19.7 Å². The first-order valence-corrected chi connectivity index (χ1v) is 8.77. The molecule has 2 heterocycles.